The number of nitrogens with zero attached hydrogens (tertiary/aromatic N) is 1. The number of hydrogen-bond donors (Lipinski definition) is 2. The molecule has 0 radical (unpaired) electrons. The van der Waals surface area contributed by atoms with Crippen LogP contribution in [0.5, 0.6) is 11.5 Å². The first-order valence-electron chi connectivity index (χ1n) is 7.96. The lowest BCUT2D eigenvalue weighted by Gasteiger charge is -2.42. The van der Waals surface area contributed by atoms with E-state index in [1.807, 2.05) is 42.5 Å². The van der Waals surface area contributed by atoms with Gasteiger partial charge in [-0.25, -0.2) is 4.79 Å². The van der Waals surface area contributed by atoms with Gasteiger partial charge in [0.05, 0.1) is 17.8 Å². The maximum atomic E-state index is 11.3. The first kappa shape index (κ1) is 15.3. The molecule has 4 rings (SSSR count). The molecule has 24 heavy (non-hydrogen) atoms. The molecule has 2 atom stereocenters. The molecular weight excluding hydrogens is 372 g/mol. The summed E-state index contributed by atoms with van der Waals surface area (Å²) in [5, 5.41) is 11.9. The van der Waals surface area contributed by atoms with E-state index in [2.05, 4.69) is 26.1 Å². The lowest BCUT2D eigenvalue weighted by atomic mass is 9.89. The quantitative estimate of drug-likeness (QED) is 0.752. The van der Waals surface area contributed by atoms with E-state index in [9.17, 15) is 9.90 Å². The summed E-state index contributed by atoms with van der Waals surface area (Å²) in [5.41, 5.74) is 2.01. The monoisotopic (exact) mass is 388 g/mol. The molecule has 0 unspecified atom stereocenters. The topological polar surface area (TPSA) is 61.8 Å². The van der Waals surface area contributed by atoms with Crippen LogP contribution in [-0.4, -0.2) is 23.8 Å². The number of carboxylic acid groups (broad SMARTS) is 1. The number of para-hydroxylation sites is 1. The summed E-state index contributed by atoms with van der Waals surface area (Å²) in [5.74, 6) is 1.58. The molecule has 2 aromatic carbocycles. The number of carbonyl (C=O) groups is 1. The van der Waals surface area contributed by atoms with Gasteiger partial charge < -0.3 is 20.1 Å². The molecule has 6 heteroatoms. The van der Waals surface area contributed by atoms with E-state index >= 15 is 0 Å². The second kappa shape index (κ2) is 6.02. The van der Waals surface area contributed by atoms with Crippen molar-refractivity contribution < 1.29 is 14.6 Å². The van der Waals surface area contributed by atoms with E-state index in [-0.39, 0.29) is 12.1 Å². The smallest absolute Gasteiger partial charge is 0.404 e. The molecule has 2 aromatic rings. The highest BCUT2D eigenvalue weighted by Gasteiger charge is 2.38. The Kier molecular flexibility index (Phi) is 3.84. The van der Waals surface area contributed by atoms with Crippen LogP contribution in [0.1, 0.15) is 24.4 Å². The van der Waals surface area contributed by atoms with Gasteiger partial charge in [0.2, 0.25) is 0 Å². The van der Waals surface area contributed by atoms with Gasteiger partial charge >= 0.3 is 6.09 Å². The first-order valence-corrected chi connectivity index (χ1v) is 8.75. The third-order valence-corrected chi connectivity index (χ3v) is 5.12. The minimum atomic E-state index is -0.987. The van der Waals surface area contributed by atoms with Crippen molar-refractivity contribution in [3.8, 4) is 11.5 Å². The molecule has 0 bridgehead atoms. The molecule has 0 aliphatic carbocycles. The average molecular weight is 389 g/mol. The van der Waals surface area contributed by atoms with E-state index < -0.39 is 6.09 Å². The predicted octanol–water partition coefficient (Wildman–Crippen LogP) is 4.53. The maximum Gasteiger partial charge on any atom is 0.404 e. The fourth-order valence-corrected chi connectivity index (χ4v) is 4.05. The van der Waals surface area contributed by atoms with E-state index in [1.54, 1.807) is 0 Å². The molecule has 1 fully saturated rings. The second-order valence-corrected chi connectivity index (χ2v) is 7.00. The zero-order chi connectivity index (χ0) is 16.7. The van der Waals surface area contributed by atoms with Crippen LogP contribution in [0.15, 0.2) is 46.9 Å². The molecule has 5 nitrogen and oxygen atoms in total. The van der Waals surface area contributed by atoms with Crippen molar-refractivity contribution >= 4 is 27.7 Å². The van der Waals surface area contributed by atoms with Gasteiger partial charge in [-0.3, -0.25) is 0 Å². The number of halogens is 1. The minimum absolute atomic E-state index is 0.0819. The van der Waals surface area contributed by atoms with Gasteiger partial charge in [0.25, 0.3) is 0 Å². The summed E-state index contributed by atoms with van der Waals surface area (Å²) in [6.45, 7) is 0.865. The number of benzene rings is 2. The van der Waals surface area contributed by atoms with Gasteiger partial charge in [-0.15, -0.1) is 0 Å². The molecule has 2 heterocycles. The Balaban J connectivity index is 1.88. The number of fused-ring (bicyclic) bond motifs is 5. The van der Waals surface area contributed by atoms with Crippen molar-refractivity contribution in [3.63, 3.8) is 0 Å². The van der Waals surface area contributed by atoms with E-state index in [0.29, 0.717) is 0 Å². The summed E-state index contributed by atoms with van der Waals surface area (Å²) in [7, 11) is 0. The number of nitrogens with one attached hydrogen (secondary N) is 1. The minimum Gasteiger partial charge on any atom is -0.465 e. The maximum absolute atomic E-state index is 11.3. The molecule has 124 valence electrons. The van der Waals surface area contributed by atoms with Crippen LogP contribution in [0, 0.1) is 0 Å². The highest BCUT2D eigenvalue weighted by molar-refractivity contribution is 9.10. The Bertz CT molecular complexity index is 796. The molecule has 2 aliphatic heterocycles. The Morgan fingerprint density at radius 2 is 2.08 bits per heavy atom. The second-order valence-electron chi connectivity index (χ2n) is 6.09. The number of anilines is 1. The Morgan fingerprint density at radius 1 is 1.25 bits per heavy atom. The van der Waals surface area contributed by atoms with Crippen LogP contribution >= 0.6 is 15.9 Å². The molecular formula is C18H17BrN2O3. The van der Waals surface area contributed by atoms with Gasteiger partial charge in [0.1, 0.15) is 5.75 Å². The van der Waals surface area contributed by atoms with Crippen LogP contribution in [-0.2, 0) is 0 Å². The largest absolute Gasteiger partial charge is 0.465 e. The molecule has 0 spiro atoms. The molecule has 0 saturated carbocycles. The standard InChI is InChI=1S/C18H17BrN2O3/c19-11-7-8-16-14(10-11)21-9-3-5-13(20-18(22)23)17(21)12-4-1-2-6-15(12)24-16/h1-2,4,6-8,10,13,17,20H,3,5,9H2,(H,22,23)/t13-,17-/m0/s1. The van der Waals surface area contributed by atoms with Gasteiger partial charge in [-0.1, -0.05) is 34.1 Å². The number of piperidine rings is 1. The summed E-state index contributed by atoms with van der Waals surface area (Å²) >= 11 is 3.53. The molecule has 1 amide bonds. The molecule has 0 aromatic heterocycles. The summed E-state index contributed by atoms with van der Waals surface area (Å²) in [6, 6.07) is 13.6. The zero-order valence-electron chi connectivity index (χ0n) is 12.9. The predicted molar refractivity (Wildman–Crippen MR) is 94.9 cm³/mol. The van der Waals surface area contributed by atoms with Crippen molar-refractivity contribution in [2.24, 2.45) is 0 Å². The molecule has 2 aliphatic rings. The Labute approximate surface area is 148 Å². The van der Waals surface area contributed by atoms with Crippen LogP contribution in [0.4, 0.5) is 10.5 Å². The Hall–Kier alpha value is -2.21. The van der Waals surface area contributed by atoms with Crippen molar-refractivity contribution in [1.82, 2.24) is 5.32 Å². The van der Waals surface area contributed by atoms with Crippen molar-refractivity contribution in [3.05, 3.63) is 52.5 Å². The van der Waals surface area contributed by atoms with Gasteiger partial charge in [0, 0.05) is 16.6 Å². The van der Waals surface area contributed by atoms with Crippen molar-refractivity contribution in [1.29, 1.82) is 0 Å². The number of rotatable bonds is 1. The highest BCUT2D eigenvalue weighted by atomic mass is 79.9. The van der Waals surface area contributed by atoms with Crippen LogP contribution < -0.4 is 15.0 Å². The number of ether oxygens (including phenoxy) is 1. The normalized spacial score (nSPS) is 21.6. The summed E-state index contributed by atoms with van der Waals surface area (Å²) in [4.78, 5) is 13.5. The summed E-state index contributed by atoms with van der Waals surface area (Å²) < 4.78 is 7.14. The zero-order valence-corrected chi connectivity index (χ0v) is 14.5. The van der Waals surface area contributed by atoms with Crippen molar-refractivity contribution in [2.45, 2.75) is 24.9 Å². The van der Waals surface area contributed by atoms with E-state index in [0.717, 1.165) is 46.6 Å². The number of hydrogen-bond acceptors (Lipinski definition) is 3. The van der Waals surface area contributed by atoms with Gasteiger partial charge in [-0.05, 0) is 37.1 Å². The van der Waals surface area contributed by atoms with E-state index in [4.69, 9.17) is 4.74 Å². The molecule has 2 N–H and O–H groups in total. The summed E-state index contributed by atoms with van der Waals surface area (Å²) in [6.07, 6.45) is 0.750. The fraction of sp³-hybridized carbons (Fsp3) is 0.278. The third-order valence-electron chi connectivity index (χ3n) is 4.63. The van der Waals surface area contributed by atoms with Crippen LogP contribution in [0.2, 0.25) is 0 Å². The Morgan fingerprint density at radius 3 is 2.92 bits per heavy atom. The number of amides is 1. The van der Waals surface area contributed by atoms with Gasteiger partial charge in [0.15, 0.2) is 5.75 Å². The fourth-order valence-electron chi connectivity index (χ4n) is 3.70. The highest BCUT2D eigenvalue weighted by Crippen LogP contribution is 2.48. The van der Waals surface area contributed by atoms with Crippen LogP contribution in [0.3, 0.4) is 0 Å². The average Bonchev–Trinajstić information content (AvgIpc) is 2.70. The molecule has 1 saturated heterocycles. The van der Waals surface area contributed by atoms with Crippen molar-refractivity contribution in [2.75, 3.05) is 11.4 Å². The third kappa shape index (κ3) is 2.60. The lowest BCUT2D eigenvalue weighted by molar-refractivity contribution is 0.184. The SMILES string of the molecule is O=C(O)N[C@H]1CCCN2c3cc(Br)ccc3Oc3ccccc3[C@@H]12. The van der Waals surface area contributed by atoms with Crippen LogP contribution in [0.25, 0.3) is 0 Å². The van der Waals surface area contributed by atoms with Gasteiger partial charge in [-0.2, -0.15) is 0 Å². The van der Waals surface area contributed by atoms with E-state index in [1.165, 1.54) is 0 Å². The first-order chi connectivity index (χ1) is 11.6. The lowest BCUT2D eigenvalue weighted by Crippen LogP contribution is -2.49.